The molecule has 3 nitrogen and oxygen atoms in total. The van der Waals surface area contributed by atoms with E-state index in [2.05, 4.69) is 20.8 Å². The highest BCUT2D eigenvalue weighted by Crippen LogP contribution is 2.25. The van der Waals surface area contributed by atoms with Crippen molar-refractivity contribution < 1.29 is 9.47 Å². The van der Waals surface area contributed by atoms with Crippen molar-refractivity contribution in [3.63, 3.8) is 0 Å². The first kappa shape index (κ1) is 12.9. The largest absolute Gasteiger partial charge is 0.340 e. The molecule has 3 heteroatoms. The molecule has 1 unspecified atom stereocenters. The van der Waals surface area contributed by atoms with Crippen LogP contribution in [0.15, 0.2) is 0 Å². The smallest absolute Gasteiger partial charge is 0.213 e. The van der Waals surface area contributed by atoms with Gasteiger partial charge in [-0.3, -0.25) is 5.73 Å². The van der Waals surface area contributed by atoms with Crippen molar-refractivity contribution in [2.75, 3.05) is 6.61 Å². The second-order valence-electron chi connectivity index (χ2n) is 3.19. The third kappa shape index (κ3) is 4.07. The Labute approximate surface area is 81.6 Å². The quantitative estimate of drug-likeness (QED) is 0.625. The summed E-state index contributed by atoms with van der Waals surface area (Å²) in [6.07, 6.45) is 2.34. The normalized spacial score (nSPS) is 14.5. The highest BCUT2D eigenvalue weighted by Gasteiger charge is 2.27. The maximum absolute atomic E-state index is 5.68. The highest BCUT2D eigenvalue weighted by atomic mass is 16.7. The van der Waals surface area contributed by atoms with Crippen molar-refractivity contribution in [2.45, 2.75) is 59.0 Å². The summed E-state index contributed by atoms with van der Waals surface area (Å²) >= 11 is 0. The lowest BCUT2D eigenvalue weighted by Crippen LogP contribution is -2.40. The Balaban J connectivity index is 4.07. The summed E-state index contributed by atoms with van der Waals surface area (Å²) in [5.74, 6) is 0. The monoisotopic (exact) mass is 189 g/mol. The maximum atomic E-state index is 5.68. The van der Waals surface area contributed by atoms with Gasteiger partial charge in [0.15, 0.2) is 0 Å². The lowest BCUT2D eigenvalue weighted by molar-refractivity contribution is -0.210. The molecule has 0 aliphatic rings. The van der Waals surface area contributed by atoms with Crippen LogP contribution in [0.25, 0.3) is 0 Å². The molecule has 0 fully saturated rings. The van der Waals surface area contributed by atoms with Gasteiger partial charge in [-0.15, -0.1) is 0 Å². The van der Waals surface area contributed by atoms with Crippen LogP contribution >= 0.6 is 0 Å². The number of ether oxygens (including phenoxy) is 2. The van der Waals surface area contributed by atoms with Crippen LogP contribution in [0.3, 0.4) is 0 Å². The summed E-state index contributed by atoms with van der Waals surface area (Å²) < 4.78 is 10.8. The summed E-state index contributed by atoms with van der Waals surface area (Å²) in [7, 11) is 0. The average Bonchev–Trinajstić information content (AvgIpc) is 2.15. The van der Waals surface area contributed by atoms with Gasteiger partial charge in [-0.1, -0.05) is 20.8 Å². The molecular formula is C10H23NO2. The van der Waals surface area contributed by atoms with Gasteiger partial charge in [-0.2, -0.15) is 0 Å². The van der Waals surface area contributed by atoms with E-state index in [1.807, 2.05) is 6.92 Å². The fourth-order valence-corrected chi connectivity index (χ4v) is 1.44. The molecule has 13 heavy (non-hydrogen) atoms. The third-order valence-electron chi connectivity index (χ3n) is 2.63. The standard InChI is InChI=1S/C10H23NO2/c1-5-10(6-2,7-3)13-9(11)12-8-4/h9H,5-8,11H2,1-4H3. The first-order valence-electron chi connectivity index (χ1n) is 5.19. The van der Waals surface area contributed by atoms with Crippen molar-refractivity contribution >= 4 is 0 Å². The average molecular weight is 189 g/mol. The summed E-state index contributed by atoms with van der Waals surface area (Å²) in [6, 6.07) is 0. The number of hydrogen-bond acceptors (Lipinski definition) is 3. The second-order valence-corrected chi connectivity index (χ2v) is 3.19. The zero-order valence-electron chi connectivity index (χ0n) is 9.30. The van der Waals surface area contributed by atoms with Gasteiger partial charge in [0.05, 0.1) is 5.60 Å². The van der Waals surface area contributed by atoms with E-state index in [4.69, 9.17) is 15.2 Å². The van der Waals surface area contributed by atoms with E-state index >= 15 is 0 Å². The minimum absolute atomic E-state index is 0.103. The maximum Gasteiger partial charge on any atom is 0.213 e. The molecule has 0 amide bonds. The number of nitrogens with two attached hydrogens (primary N) is 1. The van der Waals surface area contributed by atoms with Crippen molar-refractivity contribution in [1.29, 1.82) is 0 Å². The lowest BCUT2D eigenvalue weighted by atomic mass is 9.94. The summed E-state index contributed by atoms with van der Waals surface area (Å²) in [6.45, 7) is 8.85. The van der Waals surface area contributed by atoms with E-state index in [-0.39, 0.29) is 5.60 Å². The Kier molecular flexibility index (Phi) is 6.29. The predicted molar refractivity (Wildman–Crippen MR) is 54.3 cm³/mol. The molecule has 0 aliphatic heterocycles. The first-order valence-corrected chi connectivity index (χ1v) is 5.19. The van der Waals surface area contributed by atoms with Gasteiger partial charge < -0.3 is 9.47 Å². The molecule has 2 N–H and O–H groups in total. The van der Waals surface area contributed by atoms with E-state index < -0.39 is 6.41 Å². The molecule has 0 rings (SSSR count). The second kappa shape index (κ2) is 6.35. The van der Waals surface area contributed by atoms with E-state index in [0.717, 1.165) is 19.3 Å². The molecule has 0 aromatic carbocycles. The van der Waals surface area contributed by atoms with Crippen LogP contribution in [0.5, 0.6) is 0 Å². The molecular weight excluding hydrogens is 166 g/mol. The molecule has 0 bridgehead atoms. The van der Waals surface area contributed by atoms with E-state index in [9.17, 15) is 0 Å². The fourth-order valence-electron chi connectivity index (χ4n) is 1.44. The molecule has 0 spiro atoms. The van der Waals surface area contributed by atoms with E-state index in [0.29, 0.717) is 6.61 Å². The van der Waals surface area contributed by atoms with Gasteiger partial charge in [-0.05, 0) is 26.2 Å². The van der Waals surface area contributed by atoms with Gasteiger partial charge in [0.2, 0.25) is 6.41 Å². The van der Waals surface area contributed by atoms with Crippen molar-refractivity contribution in [1.82, 2.24) is 0 Å². The van der Waals surface area contributed by atoms with E-state index in [1.165, 1.54) is 0 Å². The van der Waals surface area contributed by atoms with Crippen LogP contribution in [0.2, 0.25) is 0 Å². The van der Waals surface area contributed by atoms with Gasteiger partial charge in [0.25, 0.3) is 0 Å². The Morgan fingerprint density at radius 2 is 1.54 bits per heavy atom. The van der Waals surface area contributed by atoms with Gasteiger partial charge in [-0.25, -0.2) is 0 Å². The number of rotatable bonds is 7. The number of hydrogen-bond donors (Lipinski definition) is 1. The van der Waals surface area contributed by atoms with Crippen molar-refractivity contribution in [3.8, 4) is 0 Å². The molecule has 0 aliphatic carbocycles. The zero-order chi connectivity index (χ0) is 10.3. The van der Waals surface area contributed by atoms with Crippen LogP contribution in [0.4, 0.5) is 0 Å². The summed E-state index contributed by atoms with van der Waals surface area (Å²) in [5, 5.41) is 0. The van der Waals surface area contributed by atoms with Crippen LogP contribution in [-0.4, -0.2) is 18.6 Å². The Morgan fingerprint density at radius 1 is 1.08 bits per heavy atom. The molecule has 0 saturated carbocycles. The molecule has 0 saturated heterocycles. The Hall–Kier alpha value is -0.120. The summed E-state index contributed by atoms with van der Waals surface area (Å²) in [5.41, 5.74) is 5.55. The molecule has 0 heterocycles. The van der Waals surface area contributed by atoms with Crippen LogP contribution in [0.1, 0.15) is 47.0 Å². The van der Waals surface area contributed by atoms with Crippen LogP contribution in [0, 0.1) is 0 Å². The van der Waals surface area contributed by atoms with Gasteiger partial charge >= 0.3 is 0 Å². The molecule has 1 atom stereocenters. The lowest BCUT2D eigenvalue weighted by Gasteiger charge is -2.33. The van der Waals surface area contributed by atoms with Crippen molar-refractivity contribution in [3.05, 3.63) is 0 Å². The third-order valence-corrected chi connectivity index (χ3v) is 2.63. The zero-order valence-corrected chi connectivity index (χ0v) is 9.30. The molecule has 0 aromatic rings. The van der Waals surface area contributed by atoms with Crippen LogP contribution in [-0.2, 0) is 9.47 Å². The van der Waals surface area contributed by atoms with Crippen molar-refractivity contribution in [2.24, 2.45) is 5.73 Å². The van der Waals surface area contributed by atoms with Gasteiger partial charge in [0, 0.05) is 6.61 Å². The molecule has 0 aromatic heterocycles. The Bertz CT molecular complexity index is 116. The minimum atomic E-state index is -0.579. The summed E-state index contributed by atoms with van der Waals surface area (Å²) in [4.78, 5) is 0. The highest BCUT2D eigenvalue weighted by molar-refractivity contribution is 4.75. The van der Waals surface area contributed by atoms with Gasteiger partial charge in [0.1, 0.15) is 0 Å². The minimum Gasteiger partial charge on any atom is -0.340 e. The Morgan fingerprint density at radius 3 is 1.85 bits per heavy atom. The van der Waals surface area contributed by atoms with E-state index in [1.54, 1.807) is 0 Å². The first-order chi connectivity index (χ1) is 6.14. The fraction of sp³-hybridized carbons (Fsp3) is 1.00. The SMILES string of the molecule is CCOC(N)OC(CC)(CC)CC. The van der Waals surface area contributed by atoms with Crippen LogP contribution < -0.4 is 5.73 Å². The molecule has 0 radical (unpaired) electrons. The molecule has 80 valence electrons. The predicted octanol–water partition coefficient (Wildman–Crippen LogP) is 2.25. The topological polar surface area (TPSA) is 44.5 Å².